The van der Waals surface area contributed by atoms with Crippen LogP contribution in [0.3, 0.4) is 0 Å². The number of likely N-dealkylation sites (N-methyl/N-ethyl adjacent to an activating group) is 1. The number of nitrogens with zero attached hydrogens (tertiary/aromatic N) is 2. The first-order valence-electron chi connectivity index (χ1n) is 4.37. The van der Waals surface area contributed by atoms with Crippen molar-refractivity contribution in [3.05, 3.63) is 0 Å². The molecule has 0 aliphatic carbocycles. The molecule has 0 N–H and O–H groups in total. The van der Waals surface area contributed by atoms with Crippen molar-refractivity contribution in [2.45, 2.75) is 0 Å². The molecule has 0 spiro atoms. The second kappa shape index (κ2) is 4.66. The van der Waals surface area contributed by atoms with E-state index in [9.17, 15) is 18.0 Å². The summed E-state index contributed by atoms with van der Waals surface area (Å²) in [5, 5.41) is 0. The molecule has 8 nitrogen and oxygen atoms in total. The maximum Gasteiger partial charge on any atom is 0.424 e. The molecule has 0 atom stereocenters. The summed E-state index contributed by atoms with van der Waals surface area (Å²) in [5.41, 5.74) is 0. The van der Waals surface area contributed by atoms with Gasteiger partial charge in [0.1, 0.15) is 13.2 Å². The second-order valence-corrected chi connectivity index (χ2v) is 4.99. The van der Waals surface area contributed by atoms with Crippen LogP contribution in [0.5, 0.6) is 0 Å². The van der Waals surface area contributed by atoms with Crippen LogP contribution in [0.4, 0.5) is 4.79 Å². The smallest absolute Gasteiger partial charge is 0.424 e. The van der Waals surface area contributed by atoms with Crippen LogP contribution in [0, 0.1) is 0 Å². The Kier molecular flexibility index (Phi) is 3.70. The van der Waals surface area contributed by atoms with E-state index in [2.05, 4.69) is 9.47 Å². The maximum absolute atomic E-state index is 11.7. The first-order chi connectivity index (χ1) is 7.39. The van der Waals surface area contributed by atoms with Crippen molar-refractivity contribution in [2.24, 2.45) is 0 Å². The van der Waals surface area contributed by atoms with Gasteiger partial charge in [0, 0.05) is 7.05 Å². The normalized spacial score (nSPS) is 16.4. The number of esters is 1. The molecule has 1 fully saturated rings. The van der Waals surface area contributed by atoms with Gasteiger partial charge in [0.2, 0.25) is 0 Å². The van der Waals surface area contributed by atoms with Crippen LogP contribution in [0.25, 0.3) is 0 Å². The van der Waals surface area contributed by atoms with Crippen LogP contribution in [-0.2, 0) is 24.5 Å². The van der Waals surface area contributed by atoms with Gasteiger partial charge in [0.15, 0.2) is 0 Å². The van der Waals surface area contributed by atoms with Gasteiger partial charge in [0.05, 0.1) is 13.7 Å². The van der Waals surface area contributed by atoms with Crippen LogP contribution in [0.2, 0.25) is 0 Å². The summed E-state index contributed by atoms with van der Waals surface area (Å²) < 4.78 is 33.6. The van der Waals surface area contributed by atoms with Gasteiger partial charge in [-0.3, -0.25) is 4.79 Å². The quantitative estimate of drug-likeness (QED) is 0.583. The molecule has 1 saturated heterocycles. The second-order valence-electron chi connectivity index (χ2n) is 3.03. The predicted molar refractivity (Wildman–Crippen MR) is 51.6 cm³/mol. The van der Waals surface area contributed by atoms with Gasteiger partial charge in [-0.2, -0.15) is 17.0 Å². The minimum absolute atomic E-state index is 0.0180. The number of hydrogen-bond donors (Lipinski definition) is 0. The molecule has 0 bridgehead atoms. The number of carbonyl (C=O) groups excluding carboxylic acids is 2. The first kappa shape index (κ1) is 12.7. The molecule has 92 valence electrons. The lowest BCUT2D eigenvalue weighted by atomic mass is 10.7. The zero-order chi connectivity index (χ0) is 12.3. The summed E-state index contributed by atoms with van der Waals surface area (Å²) >= 11 is 0. The highest BCUT2D eigenvalue weighted by molar-refractivity contribution is 7.87. The van der Waals surface area contributed by atoms with E-state index in [0.29, 0.717) is 4.31 Å². The fourth-order valence-corrected chi connectivity index (χ4v) is 2.24. The van der Waals surface area contributed by atoms with E-state index < -0.39 is 28.8 Å². The number of methoxy groups -OCH3 is 1. The first-order valence-corrected chi connectivity index (χ1v) is 5.77. The van der Waals surface area contributed by atoms with Crippen LogP contribution >= 0.6 is 0 Å². The van der Waals surface area contributed by atoms with E-state index in [1.807, 2.05) is 0 Å². The minimum atomic E-state index is -4.00. The molecule has 9 heteroatoms. The highest BCUT2D eigenvalue weighted by Gasteiger charge is 2.37. The number of hydrogen-bond acceptors (Lipinski definition) is 6. The van der Waals surface area contributed by atoms with Gasteiger partial charge >= 0.3 is 22.3 Å². The summed E-state index contributed by atoms with van der Waals surface area (Å²) in [6.45, 7) is -0.487. The maximum atomic E-state index is 11.7. The molecule has 1 aliphatic heterocycles. The van der Waals surface area contributed by atoms with E-state index in [0.717, 1.165) is 11.4 Å². The standard InChI is InChI=1S/C7H12N2O6S/c1-8(5-6(10)14-2)16(12,13)9-3-4-15-7(9)11/h3-5H2,1-2H3. The summed E-state index contributed by atoms with van der Waals surface area (Å²) in [6, 6.07) is 0. The molecule has 0 aromatic rings. The number of amides is 1. The topological polar surface area (TPSA) is 93.2 Å². The Morgan fingerprint density at radius 2 is 2.25 bits per heavy atom. The van der Waals surface area contributed by atoms with E-state index in [1.54, 1.807) is 0 Å². The van der Waals surface area contributed by atoms with Gasteiger partial charge in [-0.05, 0) is 0 Å². The van der Waals surface area contributed by atoms with E-state index in [4.69, 9.17) is 0 Å². The van der Waals surface area contributed by atoms with Crippen molar-refractivity contribution < 1.29 is 27.5 Å². The van der Waals surface area contributed by atoms with E-state index in [-0.39, 0.29) is 13.2 Å². The molecular formula is C7H12N2O6S. The monoisotopic (exact) mass is 252 g/mol. The Hall–Kier alpha value is -1.35. The minimum Gasteiger partial charge on any atom is -0.468 e. The van der Waals surface area contributed by atoms with Crippen molar-refractivity contribution in [2.75, 3.05) is 33.9 Å². The Balaban J connectivity index is 2.77. The fourth-order valence-electron chi connectivity index (χ4n) is 1.08. The number of carbonyl (C=O) groups is 2. The third kappa shape index (κ3) is 2.42. The van der Waals surface area contributed by atoms with Crippen LogP contribution in [0.15, 0.2) is 0 Å². The molecule has 0 aromatic heterocycles. The van der Waals surface area contributed by atoms with Crippen LogP contribution in [-0.4, -0.2) is 62.9 Å². The molecule has 1 aliphatic rings. The Morgan fingerprint density at radius 3 is 2.69 bits per heavy atom. The SMILES string of the molecule is COC(=O)CN(C)S(=O)(=O)N1CCOC1=O. The molecule has 0 aromatic carbocycles. The summed E-state index contributed by atoms with van der Waals surface area (Å²) in [6.07, 6.45) is -0.934. The lowest BCUT2D eigenvalue weighted by molar-refractivity contribution is -0.140. The van der Waals surface area contributed by atoms with Crippen molar-refractivity contribution in [1.82, 2.24) is 8.61 Å². The average Bonchev–Trinajstić information content (AvgIpc) is 2.64. The van der Waals surface area contributed by atoms with Gasteiger partial charge < -0.3 is 9.47 Å². The lowest BCUT2D eigenvalue weighted by Crippen LogP contribution is -2.44. The lowest BCUT2D eigenvalue weighted by Gasteiger charge is -2.20. The van der Waals surface area contributed by atoms with Gasteiger partial charge in [-0.1, -0.05) is 0 Å². The van der Waals surface area contributed by atoms with Gasteiger partial charge in [-0.25, -0.2) is 4.79 Å². The molecule has 1 rings (SSSR count). The van der Waals surface area contributed by atoms with E-state index in [1.165, 1.54) is 7.05 Å². The number of ether oxygens (including phenoxy) is 2. The summed E-state index contributed by atoms with van der Waals surface area (Å²) in [4.78, 5) is 22.0. The van der Waals surface area contributed by atoms with Gasteiger partial charge in [0.25, 0.3) is 0 Å². The summed E-state index contributed by atoms with van der Waals surface area (Å²) in [7, 11) is -1.68. The van der Waals surface area contributed by atoms with Crippen molar-refractivity contribution in [3.8, 4) is 0 Å². The molecular weight excluding hydrogens is 240 g/mol. The Labute approximate surface area is 92.9 Å². The van der Waals surface area contributed by atoms with Gasteiger partial charge in [-0.15, -0.1) is 0 Å². The van der Waals surface area contributed by atoms with Crippen LogP contribution in [0.1, 0.15) is 0 Å². The van der Waals surface area contributed by atoms with Crippen molar-refractivity contribution in [1.29, 1.82) is 0 Å². The fraction of sp³-hybridized carbons (Fsp3) is 0.714. The third-order valence-corrected chi connectivity index (χ3v) is 3.78. The molecule has 0 radical (unpaired) electrons. The Morgan fingerprint density at radius 1 is 1.62 bits per heavy atom. The highest BCUT2D eigenvalue weighted by atomic mass is 32.2. The predicted octanol–water partition coefficient (Wildman–Crippen LogP) is -1.21. The Bertz CT molecular complexity index is 392. The molecule has 0 saturated carbocycles. The third-order valence-electron chi connectivity index (χ3n) is 1.98. The molecule has 16 heavy (non-hydrogen) atoms. The number of rotatable bonds is 4. The van der Waals surface area contributed by atoms with Crippen molar-refractivity contribution >= 4 is 22.3 Å². The summed E-state index contributed by atoms with van der Waals surface area (Å²) in [5.74, 6) is -0.710. The zero-order valence-electron chi connectivity index (χ0n) is 8.87. The largest absolute Gasteiger partial charge is 0.468 e. The molecule has 1 heterocycles. The highest BCUT2D eigenvalue weighted by Crippen LogP contribution is 2.12. The molecule has 1 amide bonds. The number of cyclic esters (lactones) is 1. The van der Waals surface area contributed by atoms with E-state index >= 15 is 0 Å². The average molecular weight is 252 g/mol. The van der Waals surface area contributed by atoms with Crippen molar-refractivity contribution in [3.63, 3.8) is 0 Å². The van der Waals surface area contributed by atoms with Crippen LogP contribution < -0.4 is 0 Å². The zero-order valence-corrected chi connectivity index (χ0v) is 9.69. The molecule has 0 unspecified atom stereocenters.